The number of aliphatic imine (C=N–C) groups is 1. The number of nitrogens with one attached hydrogen (secondary N) is 2. The minimum Gasteiger partial charge on any atom is -0.365 e. The molecule has 35 heavy (non-hydrogen) atoms. The van der Waals surface area contributed by atoms with Gasteiger partial charge in [0.1, 0.15) is 11.6 Å². The van der Waals surface area contributed by atoms with Crippen LogP contribution in [0.2, 0.25) is 0 Å². The zero-order valence-electron chi connectivity index (χ0n) is 20.5. The molecular weight excluding hydrogens is 441 g/mol. The molecule has 2 N–H and O–H groups in total. The van der Waals surface area contributed by atoms with Crippen LogP contribution >= 0.6 is 0 Å². The number of carbonyl (C=O) groups excluding carboxylic acids is 1. The molecule has 1 aromatic carbocycles. The number of hydrogen-bond acceptors (Lipinski definition) is 5. The maximum atomic E-state index is 13.3. The number of aromatic nitrogens is 2. The fraction of sp³-hybridized carbons (Fsp3) is 0.214. The second-order valence-electron chi connectivity index (χ2n) is 7.32. The average molecular weight is 474 g/mol. The van der Waals surface area contributed by atoms with Crippen LogP contribution in [0.5, 0.6) is 0 Å². The molecule has 0 spiro atoms. The van der Waals surface area contributed by atoms with Crippen molar-refractivity contribution in [3.05, 3.63) is 114 Å². The summed E-state index contributed by atoms with van der Waals surface area (Å²) < 4.78 is 13.3. The Labute approximate surface area is 206 Å². The van der Waals surface area contributed by atoms with E-state index in [1.54, 1.807) is 18.3 Å². The van der Waals surface area contributed by atoms with Crippen LogP contribution in [-0.4, -0.2) is 21.6 Å². The third kappa shape index (κ3) is 9.33. The maximum Gasteiger partial charge on any atom is 0.255 e. The Morgan fingerprint density at radius 2 is 1.83 bits per heavy atom. The highest BCUT2D eigenvalue weighted by Gasteiger charge is 2.12. The maximum absolute atomic E-state index is 13.3. The molecule has 2 aromatic heterocycles. The highest BCUT2D eigenvalue weighted by Crippen LogP contribution is 2.14. The van der Waals surface area contributed by atoms with Crippen LogP contribution in [0.1, 0.15) is 47.8 Å². The highest BCUT2D eigenvalue weighted by atomic mass is 19.1. The van der Waals surface area contributed by atoms with Crippen molar-refractivity contribution in [2.45, 2.75) is 40.3 Å². The molecule has 6 nitrogen and oxygen atoms in total. The van der Waals surface area contributed by atoms with Gasteiger partial charge in [0.05, 0.1) is 11.8 Å². The van der Waals surface area contributed by atoms with E-state index in [2.05, 4.69) is 50.4 Å². The summed E-state index contributed by atoms with van der Waals surface area (Å²) in [5.41, 5.74) is 4.16. The number of rotatable bonds is 10. The molecule has 0 aliphatic heterocycles. The van der Waals surface area contributed by atoms with Gasteiger partial charge in [-0.3, -0.25) is 14.8 Å². The van der Waals surface area contributed by atoms with E-state index >= 15 is 0 Å². The van der Waals surface area contributed by atoms with Crippen molar-refractivity contribution in [2.24, 2.45) is 4.99 Å². The van der Waals surface area contributed by atoms with E-state index in [9.17, 15) is 9.18 Å². The van der Waals surface area contributed by atoms with Gasteiger partial charge in [-0.15, -0.1) is 0 Å². The number of amides is 1. The van der Waals surface area contributed by atoms with E-state index in [0.717, 1.165) is 23.9 Å². The SMILES string of the molecule is C=CN=C(C)/C=C\Cc1ccc(CNc2ncccc2C(=O)NCc2cncc(F)c2)cc1.CC. The summed E-state index contributed by atoms with van der Waals surface area (Å²) in [7, 11) is 0. The van der Waals surface area contributed by atoms with Gasteiger partial charge < -0.3 is 10.6 Å². The summed E-state index contributed by atoms with van der Waals surface area (Å²) in [6, 6.07) is 13.0. The zero-order chi connectivity index (χ0) is 25.5. The first-order valence-electron chi connectivity index (χ1n) is 11.5. The van der Waals surface area contributed by atoms with Crippen LogP contribution in [0, 0.1) is 5.82 Å². The van der Waals surface area contributed by atoms with Gasteiger partial charge in [-0.2, -0.15) is 0 Å². The van der Waals surface area contributed by atoms with Gasteiger partial charge in [0.15, 0.2) is 0 Å². The van der Waals surface area contributed by atoms with Crippen LogP contribution in [0.3, 0.4) is 0 Å². The predicted octanol–water partition coefficient (Wildman–Crippen LogP) is 5.89. The lowest BCUT2D eigenvalue weighted by Crippen LogP contribution is -2.24. The van der Waals surface area contributed by atoms with Crippen molar-refractivity contribution in [3.8, 4) is 0 Å². The number of halogens is 1. The van der Waals surface area contributed by atoms with E-state index in [0.29, 0.717) is 23.5 Å². The quantitative estimate of drug-likeness (QED) is 0.360. The van der Waals surface area contributed by atoms with Crippen molar-refractivity contribution in [2.75, 3.05) is 5.32 Å². The smallest absolute Gasteiger partial charge is 0.255 e. The number of carbonyl (C=O) groups is 1. The first kappa shape index (κ1) is 27.1. The van der Waals surface area contributed by atoms with Gasteiger partial charge >= 0.3 is 0 Å². The largest absolute Gasteiger partial charge is 0.365 e. The molecule has 7 heteroatoms. The van der Waals surface area contributed by atoms with E-state index in [-0.39, 0.29) is 12.5 Å². The summed E-state index contributed by atoms with van der Waals surface area (Å²) in [6.07, 6.45) is 10.6. The molecule has 0 unspecified atom stereocenters. The molecule has 2 heterocycles. The third-order valence-corrected chi connectivity index (χ3v) is 4.76. The first-order chi connectivity index (χ1) is 17.0. The van der Waals surface area contributed by atoms with Gasteiger partial charge in [0, 0.05) is 37.4 Å². The Kier molecular flexibility index (Phi) is 11.5. The second-order valence-corrected chi connectivity index (χ2v) is 7.32. The van der Waals surface area contributed by atoms with Gasteiger partial charge in [-0.1, -0.05) is 50.8 Å². The van der Waals surface area contributed by atoms with Crippen molar-refractivity contribution >= 4 is 17.4 Å². The fourth-order valence-electron chi connectivity index (χ4n) is 3.09. The lowest BCUT2D eigenvalue weighted by atomic mass is 10.1. The third-order valence-electron chi connectivity index (χ3n) is 4.76. The zero-order valence-corrected chi connectivity index (χ0v) is 20.5. The predicted molar refractivity (Wildman–Crippen MR) is 141 cm³/mol. The summed E-state index contributed by atoms with van der Waals surface area (Å²) in [4.78, 5) is 24.8. The Morgan fingerprint density at radius 1 is 1.09 bits per heavy atom. The molecule has 0 fully saturated rings. The molecule has 0 saturated heterocycles. The van der Waals surface area contributed by atoms with Crippen molar-refractivity contribution in [1.29, 1.82) is 0 Å². The molecule has 1 amide bonds. The average Bonchev–Trinajstić information content (AvgIpc) is 2.88. The van der Waals surface area contributed by atoms with Crippen LogP contribution in [-0.2, 0) is 19.5 Å². The van der Waals surface area contributed by atoms with Crippen molar-refractivity contribution < 1.29 is 9.18 Å². The minimum atomic E-state index is -0.441. The molecule has 0 atom stereocenters. The summed E-state index contributed by atoms with van der Waals surface area (Å²) >= 11 is 0. The molecule has 3 rings (SSSR count). The summed E-state index contributed by atoms with van der Waals surface area (Å²) in [5, 5.41) is 6.00. The standard InChI is InChI=1S/C26H26FN5O.C2H6/c1-3-29-19(2)6-4-7-20-9-11-21(12-10-20)16-31-25-24(8-5-13-30-25)26(33)32-17-22-14-23(27)18-28-15-22;1-2/h3-6,8-15,18H,1,7,16-17H2,2H3,(H,30,31)(H,32,33);1-2H3/b6-4-,29-19?;. The van der Waals surface area contributed by atoms with Gasteiger partial charge in [-0.05, 0) is 54.3 Å². The topological polar surface area (TPSA) is 79.3 Å². The number of nitrogens with zero attached hydrogens (tertiary/aromatic N) is 3. The van der Waals surface area contributed by atoms with Crippen molar-refractivity contribution in [1.82, 2.24) is 15.3 Å². The second kappa shape index (κ2) is 14.9. The lowest BCUT2D eigenvalue weighted by molar-refractivity contribution is 0.0951. The van der Waals surface area contributed by atoms with Gasteiger partial charge in [0.2, 0.25) is 0 Å². The molecule has 0 aliphatic carbocycles. The van der Waals surface area contributed by atoms with E-state index in [1.807, 2.05) is 39.0 Å². The van der Waals surface area contributed by atoms with Gasteiger partial charge in [-0.25, -0.2) is 9.37 Å². The van der Waals surface area contributed by atoms with E-state index < -0.39 is 5.82 Å². The van der Waals surface area contributed by atoms with Crippen LogP contribution in [0.4, 0.5) is 10.2 Å². The summed E-state index contributed by atoms with van der Waals surface area (Å²) in [6.45, 7) is 10.2. The number of anilines is 1. The molecule has 0 aliphatic rings. The van der Waals surface area contributed by atoms with E-state index in [1.165, 1.54) is 24.0 Å². The molecule has 0 saturated carbocycles. The summed E-state index contributed by atoms with van der Waals surface area (Å²) in [5.74, 6) is -0.257. The minimum absolute atomic E-state index is 0.173. The van der Waals surface area contributed by atoms with E-state index in [4.69, 9.17) is 0 Å². The highest BCUT2D eigenvalue weighted by molar-refractivity contribution is 5.98. The number of pyridine rings is 2. The normalized spacial score (nSPS) is 10.9. The Balaban J connectivity index is 0.00000210. The van der Waals surface area contributed by atoms with Crippen LogP contribution < -0.4 is 10.6 Å². The Bertz CT molecular complexity index is 1160. The molecule has 182 valence electrons. The van der Waals surface area contributed by atoms with Gasteiger partial charge in [0.25, 0.3) is 5.91 Å². The first-order valence-corrected chi connectivity index (χ1v) is 11.5. The monoisotopic (exact) mass is 473 g/mol. The fourth-order valence-corrected chi connectivity index (χ4v) is 3.09. The molecule has 0 radical (unpaired) electrons. The Morgan fingerprint density at radius 3 is 2.54 bits per heavy atom. The van der Waals surface area contributed by atoms with Crippen molar-refractivity contribution in [3.63, 3.8) is 0 Å². The number of allylic oxidation sites excluding steroid dienone is 2. The Hall–Kier alpha value is -4.13. The molecular formula is C28H32FN5O. The van der Waals surface area contributed by atoms with Crippen LogP contribution in [0.25, 0.3) is 0 Å². The lowest BCUT2D eigenvalue weighted by Gasteiger charge is -2.11. The number of hydrogen-bond donors (Lipinski definition) is 2. The molecule has 0 bridgehead atoms. The van der Waals surface area contributed by atoms with Crippen LogP contribution in [0.15, 0.2) is 91.0 Å². The number of benzene rings is 1. The molecule has 3 aromatic rings.